The van der Waals surface area contributed by atoms with E-state index in [4.69, 9.17) is 0 Å². The first-order chi connectivity index (χ1) is 12.6. The van der Waals surface area contributed by atoms with Crippen LogP contribution >= 0.6 is 0 Å². The third kappa shape index (κ3) is 13.0. The summed E-state index contributed by atoms with van der Waals surface area (Å²) in [6.07, 6.45) is 18.7. The summed E-state index contributed by atoms with van der Waals surface area (Å²) >= 11 is 0. The van der Waals surface area contributed by atoms with Crippen molar-refractivity contribution in [3.05, 3.63) is 23.8 Å². The Morgan fingerprint density at radius 1 is 0.615 bits per heavy atom. The van der Waals surface area contributed by atoms with Crippen LogP contribution in [0.1, 0.15) is 102 Å². The van der Waals surface area contributed by atoms with Crippen molar-refractivity contribution < 1.29 is 15.3 Å². The van der Waals surface area contributed by atoms with Gasteiger partial charge >= 0.3 is 0 Å². The second-order valence-corrected chi connectivity index (χ2v) is 7.84. The summed E-state index contributed by atoms with van der Waals surface area (Å²) in [6, 6.07) is 4.86. The molecule has 0 saturated heterocycles. The van der Waals surface area contributed by atoms with Crippen molar-refractivity contribution in [1.29, 1.82) is 0 Å². The number of hydrogen-bond donors (Lipinski definition) is 3. The van der Waals surface area contributed by atoms with E-state index >= 15 is 0 Å². The summed E-state index contributed by atoms with van der Waals surface area (Å²) in [4.78, 5) is 0. The van der Waals surface area contributed by atoms with Crippen molar-refractivity contribution in [2.24, 2.45) is 0 Å². The van der Waals surface area contributed by atoms with Gasteiger partial charge in [0.25, 0.3) is 0 Å². The Balaban J connectivity index is 1.81. The van der Waals surface area contributed by atoms with Crippen LogP contribution < -0.4 is 0 Å². The fourth-order valence-electron chi connectivity index (χ4n) is 3.51. The molecule has 0 spiro atoms. The van der Waals surface area contributed by atoms with Gasteiger partial charge in [-0.3, -0.25) is 0 Å². The van der Waals surface area contributed by atoms with Crippen LogP contribution in [0.5, 0.6) is 11.5 Å². The standard InChI is InChI=1S/C23H40O3/c1-20(24)15-13-11-9-7-5-3-2-4-6-8-10-12-14-16-21-17-22(25)19-23(26)18-21/h17-20,24-26H,2-16H2,1H3. The molecule has 0 amide bonds. The molecule has 3 N–H and O–H groups in total. The maximum absolute atomic E-state index is 9.46. The largest absolute Gasteiger partial charge is 0.508 e. The lowest BCUT2D eigenvalue weighted by Gasteiger charge is -2.05. The molecular formula is C23H40O3. The Bertz CT molecular complexity index is 437. The van der Waals surface area contributed by atoms with Crippen LogP contribution in [0.25, 0.3) is 0 Å². The van der Waals surface area contributed by atoms with Gasteiger partial charge in [0.15, 0.2) is 0 Å². The van der Waals surface area contributed by atoms with Crippen LogP contribution in [0, 0.1) is 0 Å². The van der Waals surface area contributed by atoms with Crippen LogP contribution in [-0.4, -0.2) is 21.4 Å². The first-order valence-electron chi connectivity index (χ1n) is 10.8. The van der Waals surface area contributed by atoms with Crippen molar-refractivity contribution in [1.82, 2.24) is 0 Å². The van der Waals surface area contributed by atoms with Crippen molar-refractivity contribution >= 4 is 0 Å². The zero-order valence-corrected chi connectivity index (χ0v) is 16.8. The summed E-state index contributed by atoms with van der Waals surface area (Å²) in [5.41, 5.74) is 1.02. The summed E-state index contributed by atoms with van der Waals surface area (Å²) < 4.78 is 0. The van der Waals surface area contributed by atoms with Gasteiger partial charge in [0.05, 0.1) is 6.10 Å². The third-order valence-corrected chi connectivity index (χ3v) is 5.05. The SMILES string of the molecule is CC(O)CCCCCCCCCCCCCCCc1cc(O)cc(O)c1. The van der Waals surface area contributed by atoms with Crippen molar-refractivity contribution in [3.63, 3.8) is 0 Å². The topological polar surface area (TPSA) is 60.7 Å². The Kier molecular flexibility index (Phi) is 13.1. The zero-order valence-electron chi connectivity index (χ0n) is 16.8. The first kappa shape index (κ1) is 22.8. The average Bonchev–Trinajstić information content (AvgIpc) is 2.57. The highest BCUT2D eigenvalue weighted by molar-refractivity contribution is 5.36. The van der Waals surface area contributed by atoms with E-state index in [-0.39, 0.29) is 17.6 Å². The number of hydrogen-bond acceptors (Lipinski definition) is 3. The lowest BCUT2D eigenvalue weighted by Crippen LogP contribution is -1.98. The van der Waals surface area contributed by atoms with Gasteiger partial charge in [0, 0.05) is 6.07 Å². The van der Waals surface area contributed by atoms with Crippen molar-refractivity contribution in [2.45, 2.75) is 109 Å². The van der Waals surface area contributed by atoms with Crippen LogP contribution in [-0.2, 0) is 6.42 Å². The van der Waals surface area contributed by atoms with Gasteiger partial charge in [-0.25, -0.2) is 0 Å². The minimum Gasteiger partial charge on any atom is -0.508 e. The number of phenols is 2. The van der Waals surface area contributed by atoms with Gasteiger partial charge in [0.2, 0.25) is 0 Å². The summed E-state index contributed by atoms with van der Waals surface area (Å²) in [6.45, 7) is 1.88. The molecule has 1 unspecified atom stereocenters. The molecule has 0 aliphatic heterocycles. The van der Waals surface area contributed by atoms with E-state index in [1.807, 2.05) is 6.92 Å². The second kappa shape index (κ2) is 14.9. The molecule has 0 saturated carbocycles. The van der Waals surface area contributed by atoms with E-state index in [9.17, 15) is 15.3 Å². The van der Waals surface area contributed by atoms with E-state index in [1.54, 1.807) is 12.1 Å². The minimum atomic E-state index is -0.130. The normalized spacial score (nSPS) is 12.4. The predicted octanol–water partition coefficient (Wildman–Crippen LogP) is 6.48. The fourth-order valence-corrected chi connectivity index (χ4v) is 3.51. The molecular weight excluding hydrogens is 324 g/mol. The van der Waals surface area contributed by atoms with Gasteiger partial charge < -0.3 is 15.3 Å². The van der Waals surface area contributed by atoms with Crippen LogP contribution in [0.15, 0.2) is 18.2 Å². The van der Waals surface area contributed by atoms with E-state index in [0.717, 1.165) is 24.8 Å². The molecule has 0 aliphatic rings. The van der Waals surface area contributed by atoms with Crippen LogP contribution in [0.2, 0.25) is 0 Å². The van der Waals surface area contributed by atoms with Gasteiger partial charge in [-0.2, -0.15) is 0 Å². The van der Waals surface area contributed by atoms with Crippen molar-refractivity contribution in [2.75, 3.05) is 0 Å². The highest BCUT2D eigenvalue weighted by Gasteiger charge is 2.00. The Hall–Kier alpha value is -1.22. The average molecular weight is 365 g/mol. The molecule has 3 heteroatoms. The fraction of sp³-hybridized carbons (Fsp3) is 0.739. The number of rotatable bonds is 16. The maximum Gasteiger partial charge on any atom is 0.119 e. The van der Waals surface area contributed by atoms with Gasteiger partial charge in [0.1, 0.15) is 11.5 Å². The van der Waals surface area contributed by atoms with Crippen molar-refractivity contribution in [3.8, 4) is 11.5 Å². The monoisotopic (exact) mass is 364 g/mol. The molecule has 0 radical (unpaired) electrons. The predicted molar refractivity (Wildman–Crippen MR) is 110 cm³/mol. The third-order valence-electron chi connectivity index (χ3n) is 5.05. The molecule has 0 aromatic heterocycles. The van der Waals surface area contributed by atoms with Crippen LogP contribution in [0.3, 0.4) is 0 Å². The molecule has 26 heavy (non-hydrogen) atoms. The number of aryl methyl sites for hydroxylation is 1. The van der Waals surface area contributed by atoms with Gasteiger partial charge in [-0.1, -0.05) is 77.0 Å². The number of unbranched alkanes of at least 4 members (excludes halogenated alkanes) is 12. The molecule has 1 rings (SSSR count). The van der Waals surface area contributed by atoms with Gasteiger partial charge in [-0.15, -0.1) is 0 Å². The number of phenolic OH excluding ortho intramolecular Hbond substituents is 2. The molecule has 0 heterocycles. The minimum absolute atomic E-state index is 0.130. The van der Waals surface area contributed by atoms with E-state index in [1.165, 1.54) is 83.1 Å². The highest BCUT2D eigenvalue weighted by atomic mass is 16.3. The molecule has 3 nitrogen and oxygen atoms in total. The molecule has 150 valence electrons. The Labute approximate surface area is 160 Å². The molecule has 0 aliphatic carbocycles. The lowest BCUT2D eigenvalue weighted by atomic mass is 10.0. The molecule has 1 aromatic rings. The molecule has 0 bridgehead atoms. The quantitative estimate of drug-likeness (QED) is 0.294. The number of aliphatic hydroxyl groups excluding tert-OH is 1. The number of aromatic hydroxyl groups is 2. The second-order valence-electron chi connectivity index (χ2n) is 7.84. The molecule has 1 atom stereocenters. The Morgan fingerprint density at radius 3 is 1.42 bits per heavy atom. The molecule has 1 aromatic carbocycles. The number of aliphatic hydroxyl groups is 1. The summed E-state index contributed by atoms with van der Waals surface area (Å²) in [5, 5.41) is 28.1. The maximum atomic E-state index is 9.46. The smallest absolute Gasteiger partial charge is 0.119 e. The zero-order chi connectivity index (χ0) is 19.0. The summed E-state index contributed by atoms with van der Waals surface area (Å²) in [5.74, 6) is 0.305. The van der Waals surface area contributed by atoms with E-state index in [2.05, 4.69) is 0 Å². The van der Waals surface area contributed by atoms with E-state index in [0.29, 0.717) is 0 Å². The van der Waals surface area contributed by atoms with Crippen LogP contribution in [0.4, 0.5) is 0 Å². The Morgan fingerprint density at radius 2 is 1.00 bits per heavy atom. The first-order valence-corrected chi connectivity index (χ1v) is 10.8. The lowest BCUT2D eigenvalue weighted by molar-refractivity contribution is 0.180. The number of benzene rings is 1. The van der Waals surface area contributed by atoms with E-state index < -0.39 is 0 Å². The van der Waals surface area contributed by atoms with Gasteiger partial charge in [-0.05, 0) is 43.9 Å². The summed E-state index contributed by atoms with van der Waals surface area (Å²) in [7, 11) is 0. The molecule has 0 fully saturated rings. The highest BCUT2D eigenvalue weighted by Crippen LogP contribution is 2.22.